The molecule has 3 heterocycles. The van der Waals surface area contributed by atoms with E-state index in [2.05, 4.69) is 10.4 Å². The third-order valence-electron chi connectivity index (χ3n) is 4.40. The summed E-state index contributed by atoms with van der Waals surface area (Å²) >= 11 is 1.21. The predicted octanol–water partition coefficient (Wildman–Crippen LogP) is 4.07. The van der Waals surface area contributed by atoms with E-state index in [-0.39, 0.29) is 5.91 Å². The molecule has 0 spiro atoms. The number of nitrogens with zero attached hydrogens (tertiary/aromatic N) is 3. The lowest BCUT2D eigenvalue weighted by Crippen LogP contribution is -2.17. The third kappa shape index (κ3) is 3.45. The lowest BCUT2D eigenvalue weighted by atomic mass is 10.2. The fraction of sp³-hybridized carbons (Fsp3) is 0.0952. The van der Waals surface area contributed by atoms with Crippen LogP contribution >= 0.6 is 11.3 Å². The number of anilines is 1. The summed E-state index contributed by atoms with van der Waals surface area (Å²) in [5, 5.41) is 9.17. The van der Waals surface area contributed by atoms with Crippen molar-refractivity contribution in [2.24, 2.45) is 0 Å². The van der Waals surface area contributed by atoms with E-state index in [1.165, 1.54) is 18.4 Å². The van der Waals surface area contributed by atoms with E-state index in [1.807, 2.05) is 59.4 Å². The maximum Gasteiger partial charge on any atom is 0.350 e. The quantitative estimate of drug-likeness (QED) is 0.507. The number of benzene rings is 1. The molecule has 0 aliphatic rings. The van der Waals surface area contributed by atoms with Gasteiger partial charge in [0.05, 0.1) is 24.2 Å². The van der Waals surface area contributed by atoms with E-state index in [0.717, 1.165) is 5.69 Å². The van der Waals surface area contributed by atoms with Crippen molar-refractivity contribution >= 4 is 28.9 Å². The second-order valence-electron chi connectivity index (χ2n) is 6.23. The van der Waals surface area contributed by atoms with Gasteiger partial charge in [-0.25, -0.2) is 9.48 Å². The van der Waals surface area contributed by atoms with Gasteiger partial charge in [0, 0.05) is 12.4 Å². The van der Waals surface area contributed by atoms with Crippen LogP contribution in [-0.2, 0) is 4.74 Å². The number of ether oxygens (including phenoxy) is 1. The fourth-order valence-electron chi connectivity index (χ4n) is 3.09. The summed E-state index contributed by atoms with van der Waals surface area (Å²) in [5.74, 6) is -0.222. The van der Waals surface area contributed by atoms with Gasteiger partial charge in [0.2, 0.25) is 0 Å². The van der Waals surface area contributed by atoms with Crippen molar-refractivity contribution in [1.29, 1.82) is 0 Å². The Kier molecular flexibility index (Phi) is 5.01. The number of carbonyl (C=O) groups excluding carboxylic acids is 2. The number of carbonyl (C=O) groups is 2. The van der Waals surface area contributed by atoms with Gasteiger partial charge in [-0.15, -0.1) is 11.3 Å². The third-order valence-corrected chi connectivity index (χ3v) is 5.29. The molecule has 0 aliphatic heterocycles. The molecule has 0 bridgehead atoms. The van der Waals surface area contributed by atoms with Crippen LogP contribution in [0.15, 0.2) is 66.3 Å². The summed E-state index contributed by atoms with van der Waals surface area (Å²) < 4.78 is 8.37. The molecule has 3 aromatic heterocycles. The highest BCUT2D eigenvalue weighted by molar-refractivity contribution is 7.12. The fourth-order valence-corrected chi connectivity index (χ4v) is 3.85. The summed E-state index contributed by atoms with van der Waals surface area (Å²) in [6, 6.07) is 15.1. The number of thiophene rings is 1. The lowest BCUT2D eigenvalue weighted by molar-refractivity contribution is 0.0607. The molecule has 8 heteroatoms. The monoisotopic (exact) mass is 406 g/mol. The van der Waals surface area contributed by atoms with E-state index in [1.54, 1.807) is 23.1 Å². The summed E-state index contributed by atoms with van der Waals surface area (Å²) in [5.41, 5.74) is 2.25. The van der Waals surface area contributed by atoms with Crippen molar-refractivity contribution < 1.29 is 14.3 Å². The largest absolute Gasteiger partial charge is 0.465 e. The molecule has 0 saturated carbocycles. The van der Waals surface area contributed by atoms with Gasteiger partial charge < -0.3 is 14.6 Å². The van der Waals surface area contributed by atoms with Gasteiger partial charge in [-0.05, 0) is 42.6 Å². The minimum Gasteiger partial charge on any atom is -0.465 e. The summed E-state index contributed by atoms with van der Waals surface area (Å²) in [6.45, 7) is 1.79. The van der Waals surface area contributed by atoms with Crippen LogP contribution in [0.1, 0.15) is 25.7 Å². The molecule has 29 heavy (non-hydrogen) atoms. The van der Waals surface area contributed by atoms with Crippen LogP contribution in [0.5, 0.6) is 0 Å². The SMILES string of the molecule is COC(=O)c1sccc1NC(=O)c1c(C)nn(-c2ccccc2)c1-n1cccc1. The summed E-state index contributed by atoms with van der Waals surface area (Å²) in [6.07, 6.45) is 3.72. The zero-order valence-corrected chi connectivity index (χ0v) is 16.6. The highest BCUT2D eigenvalue weighted by atomic mass is 32.1. The first-order chi connectivity index (χ1) is 14.1. The van der Waals surface area contributed by atoms with Crippen LogP contribution in [0.2, 0.25) is 0 Å². The molecular weight excluding hydrogens is 388 g/mol. The van der Waals surface area contributed by atoms with Crippen molar-refractivity contribution in [1.82, 2.24) is 14.3 Å². The van der Waals surface area contributed by atoms with Crippen molar-refractivity contribution in [3.63, 3.8) is 0 Å². The zero-order chi connectivity index (χ0) is 20.4. The number of para-hydroxylation sites is 1. The van der Waals surface area contributed by atoms with Crippen molar-refractivity contribution in [3.8, 4) is 11.5 Å². The van der Waals surface area contributed by atoms with Gasteiger partial charge in [-0.1, -0.05) is 18.2 Å². The Balaban J connectivity index is 1.80. The van der Waals surface area contributed by atoms with E-state index < -0.39 is 5.97 Å². The zero-order valence-electron chi connectivity index (χ0n) is 15.8. The average molecular weight is 406 g/mol. The summed E-state index contributed by atoms with van der Waals surface area (Å²) in [4.78, 5) is 25.5. The van der Waals surface area contributed by atoms with Gasteiger partial charge in [0.15, 0.2) is 5.82 Å². The van der Waals surface area contributed by atoms with Gasteiger partial charge in [-0.3, -0.25) is 4.79 Å². The normalized spacial score (nSPS) is 10.7. The van der Waals surface area contributed by atoms with Crippen LogP contribution in [0.4, 0.5) is 5.69 Å². The first-order valence-corrected chi connectivity index (χ1v) is 9.73. The Morgan fingerprint density at radius 2 is 1.79 bits per heavy atom. The Bertz CT molecular complexity index is 1160. The van der Waals surface area contributed by atoms with E-state index in [0.29, 0.717) is 27.6 Å². The molecule has 0 unspecified atom stereocenters. The number of esters is 1. The molecule has 7 nitrogen and oxygen atoms in total. The number of nitrogens with one attached hydrogen (secondary N) is 1. The Morgan fingerprint density at radius 3 is 2.48 bits per heavy atom. The molecule has 1 amide bonds. The Hall–Kier alpha value is -3.65. The summed E-state index contributed by atoms with van der Waals surface area (Å²) in [7, 11) is 1.31. The van der Waals surface area contributed by atoms with Crippen LogP contribution in [-0.4, -0.2) is 33.3 Å². The number of amides is 1. The number of hydrogen-bond donors (Lipinski definition) is 1. The first kappa shape index (κ1) is 18.7. The Morgan fingerprint density at radius 1 is 1.07 bits per heavy atom. The molecule has 0 saturated heterocycles. The van der Waals surface area contributed by atoms with E-state index >= 15 is 0 Å². The predicted molar refractivity (Wildman–Crippen MR) is 111 cm³/mol. The second-order valence-corrected chi connectivity index (χ2v) is 7.15. The van der Waals surface area contributed by atoms with Gasteiger partial charge >= 0.3 is 5.97 Å². The van der Waals surface area contributed by atoms with Crippen molar-refractivity contribution in [2.75, 3.05) is 12.4 Å². The van der Waals surface area contributed by atoms with Crippen LogP contribution in [0, 0.1) is 6.92 Å². The number of methoxy groups -OCH3 is 1. The molecule has 4 aromatic rings. The van der Waals surface area contributed by atoms with Gasteiger partial charge in [-0.2, -0.15) is 5.10 Å². The minimum atomic E-state index is -0.488. The molecule has 0 radical (unpaired) electrons. The van der Waals surface area contributed by atoms with E-state index in [4.69, 9.17) is 4.74 Å². The minimum absolute atomic E-state index is 0.344. The van der Waals surface area contributed by atoms with Gasteiger partial charge in [0.1, 0.15) is 10.4 Å². The number of rotatable bonds is 5. The maximum absolute atomic E-state index is 13.2. The first-order valence-electron chi connectivity index (χ1n) is 8.85. The molecule has 4 rings (SSSR count). The maximum atomic E-state index is 13.2. The highest BCUT2D eigenvalue weighted by Gasteiger charge is 2.25. The van der Waals surface area contributed by atoms with Crippen molar-refractivity contribution in [2.45, 2.75) is 6.92 Å². The standard InChI is InChI=1S/C21H18N4O3S/c1-14-17(19(26)22-16-10-13-29-18(16)21(27)28-2)20(24-11-6-7-12-24)25(23-14)15-8-4-3-5-9-15/h3-13H,1-2H3,(H,22,26). The molecule has 0 aliphatic carbocycles. The Labute approximate surface area is 171 Å². The molecule has 0 atom stereocenters. The smallest absolute Gasteiger partial charge is 0.350 e. The molecule has 1 aromatic carbocycles. The lowest BCUT2D eigenvalue weighted by Gasteiger charge is -2.11. The second kappa shape index (κ2) is 7.76. The number of aryl methyl sites for hydroxylation is 1. The van der Waals surface area contributed by atoms with Crippen LogP contribution < -0.4 is 5.32 Å². The number of aromatic nitrogens is 3. The molecule has 0 fully saturated rings. The van der Waals surface area contributed by atoms with E-state index in [9.17, 15) is 9.59 Å². The average Bonchev–Trinajstić information content (AvgIpc) is 3.47. The van der Waals surface area contributed by atoms with Crippen molar-refractivity contribution in [3.05, 3.63) is 82.4 Å². The molecular formula is C21H18N4O3S. The van der Waals surface area contributed by atoms with Crippen LogP contribution in [0.25, 0.3) is 11.5 Å². The number of hydrogen-bond acceptors (Lipinski definition) is 5. The highest BCUT2D eigenvalue weighted by Crippen LogP contribution is 2.27. The topological polar surface area (TPSA) is 78.2 Å². The molecule has 146 valence electrons. The van der Waals surface area contributed by atoms with Gasteiger partial charge in [0.25, 0.3) is 5.91 Å². The molecule has 1 N–H and O–H groups in total. The van der Waals surface area contributed by atoms with Crippen LogP contribution in [0.3, 0.4) is 0 Å².